The van der Waals surface area contributed by atoms with Crippen molar-refractivity contribution in [2.75, 3.05) is 11.8 Å². The zero-order valence-electron chi connectivity index (χ0n) is 11.7. The number of sulfonamides is 1. The number of benzene rings is 1. The van der Waals surface area contributed by atoms with Crippen LogP contribution in [-0.2, 0) is 14.8 Å². The highest BCUT2D eigenvalue weighted by atomic mass is 32.2. The van der Waals surface area contributed by atoms with Crippen LogP contribution in [-0.4, -0.2) is 26.5 Å². The zero-order chi connectivity index (χ0) is 15.6. The molecule has 6 nitrogen and oxygen atoms in total. The Kier molecular flexibility index (Phi) is 4.29. The van der Waals surface area contributed by atoms with E-state index < -0.39 is 16.0 Å². The summed E-state index contributed by atoms with van der Waals surface area (Å²) in [4.78, 5) is 15.6. The first-order valence-electron chi connectivity index (χ1n) is 5.97. The number of thiazole rings is 1. The number of ether oxygens (including phenoxy) is 1. The van der Waals surface area contributed by atoms with Crippen molar-refractivity contribution in [3.05, 3.63) is 40.4 Å². The molecule has 0 aliphatic heterocycles. The third kappa shape index (κ3) is 3.40. The van der Waals surface area contributed by atoms with E-state index in [0.29, 0.717) is 5.56 Å². The maximum atomic E-state index is 12.4. The lowest BCUT2D eigenvalue weighted by Crippen LogP contribution is -2.15. The van der Waals surface area contributed by atoms with Crippen molar-refractivity contribution in [1.82, 2.24) is 4.98 Å². The highest BCUT2D eigenvalue weighted by molar-refractivity contribution is 7.93. The monoisotopic (exact) mass is 326 g/mol. The van der Waals surface area contributed by atoms with Crippen molar-refractivity contribution in [2.45, 2.75) is 18.7 Å². The maximum Gasteiger partial charge on any atom is 0.337 e. The van der Waals surface area contributed by atoms with Gasteiger partial charge in [0, 0.05) is 5.38 Å². The van der Waals surface area contributed by atoms with Gasteiger partial charge < -0.3 is 4.74 Å². The van der Waals surface area contributed by atoms with Crippen molar-refractivity contribution in [3.63, 3.8) is 0 Å². The van der Waals surface area contributed by atoms with Gasteiger partial charge in [-0.15, -0.1) is 11.3 Å². The summed E-state index contributed by atoms with van der Waals surface area (Å²) in [5, 5.41) is 2.03. The third-order valence-corrected chi connectivity index (χ3v) is 5.23. The van der Waals surface area contributed by atoms with E-state index in [4.69, 9.17) is 0 Å². The lowest BCUT2D eigenvalue weighted by Gasteiger charge is -2.09. The molecular formula is C13H14N2O4S2. The van der Waals surface area contributed by atoms with Crippen LogP contribution in [0.15, 0.2) is 28.5 Å². The molecule has 0 fully saturated rings. The Labute approximate surface area is 126 Å². The summed E-state index contributed by atoms with van der Waals surface area (Å²) in [6.45, 7) is 3.43. The molecule has 8 heteroatoms. The SMILES string of the molecule is COC(=O)c1ccc(C)c(S(=O)(=O)Nc2nc(C)cs2)c1. The molecule has 0 bridgehead atoms. The van der Waals surface area contributed by atoms with E-state index in [1.54, 1.807) is 25.3 Å². The van der Waals surface area contributed by atoms with E-state index >= 15 is 0 Å². The lowest BCUT2D eigenvalue weighted by atomic mass is 10.1. The number of esters is 1. The average Bonchev–Trinajstić information content (AvgIpc) is 2.82. The predicted octanol–water partition coefficient (Wildman–Crippen LogP) is 2.35. The molecule has 1 aromatic carbocycles. The third-order valence-electron chi connectivity index (χ3n) is 2.74. The minimum atomic E-state index is -3.80. The van der Waals surface area contributed by atoms with Gasteiger partial charge in [-0.05, 0) is 31.5 Å². The molecule has 0 saturated heterocycles. The second-order valence-electron chi connectivity index (χ2n) is 4.37. The minimum Gasteiger partial charge on any atom is -0.465 e. The van der Waals surface area contributed by atoms with Crippen molar-refractivity contribution in [3.8, 4) is 0 Å². The number of nitrogens with one attached hydrogen (secondary N) is 1. The Hall–Kier alpha value is -1.93. The van der Waals surface area contributed by atoms with Crippen LogP contribution in [0.5, 0.6) is 0 Å². The van der Waals surface area contributed by atoms with Crippen LogP contribution in [0.4, 0.5) is 5.13 Å². The van der Waals surface area contributed by atoms with Gasteiger partial charge in [0.25, 0.3) is 10.0 Å². The predicted molar refractivity (Wildman–Crippen MR) is 80.2 cm³/mol. The van der Waals surface area contributed by atoms with Gasteiger partial charge >= 0.3 is 5.97 Å². The van der Waals surface area contributed by atoms with E-state index in [0.717, 1.165) is 5.69 Å². The van der Waals surface area contributed by atoms with Gasteiger partial charge in [0.05, 0.1) is 23.3 Å². The fourth-order valence-electron chi connectivity index (χ4n) is 1.71. The summed E-state index contributed by atoms with van der Waals surface area (Å²) in [6, 6.07) is 4.38. The number of anilines is 1. The molecule has 0 spiro atoms. The normalized spacial score (nSPS) is 11.2. The van der Waals surface area contributed by atoms with Crippen LogP contribution in [0.3, 0.4) is 0 Å². The molecule has 2 rings (SSSR count). The molecule has 0 unspecified atom stereocenters. The molecule has 0 radical (unpaired) electrons. The number of rotatable bonds is 4. The number of carbonyl (C=O) groups excluding carboxylic acids is 1. The smallest absolute Gasteiger partial charge is 0.337 e. The standard InChI is InChI=1S/C13H14N2O4S2/c1-8-4-5-10(12(16)19-3)6-11(8)21(17,18)15-13-14-9(2)7-20-13/h4-7H,1-3H3,(H,14,15). The van der Waals surface area contributed by atoms with Crippen molar-refractivity contribution in [1.29, 1.82) is 0 Å². The highest BCUT2D eigenvalue weighted by Crippen LogP contribution is 2.23. The van der Waals surface area contributed by atoms with Crippen molar-refractivity contribution in [2.24, 2.45) is 0 Å². The Balaban J connectivity index is 2.41. The molecule has 1 aromatic heterocycles. The zero-order valence-corrected chi connectivity index (χ0v) is 13.3. The number of aromatic nitrogens is 1. The molecular weight excluding hydrogens is 312 g/mol. The van der Waals surface area contributed by atoms with Gasteiger partial charge in [0.2, 0.25) is 0 Å². The second kappa shape index (κ2) is 5.82. The van der Waals surface area contributed by atoms with Crippen molar-refractivity contribution >= 4 is 32.5 Å². The molecule has 0 saturated carbocycles. The molecule has 0 amide bonds. The van der Waals surface area contributed by atoms with Crippen LogP contribution >= 0.6 is 11.3 Å². The van der Waals surface area contributed by atoms with Gasteiger partial charge in [-0.1, -0.05) is 6.07 Å². The van der Waals surface area contributed by atoms with Gasteiger partial charge in [-0.2, -0.15) is 0 Å². The van der Waals surface area contributed by atoms with Crippen molar-refractivity contribution < 1.29 is 17.9 Å². The molecule has 0 atom stereocenters. The molecule has 21 heavy (non-hydrogen) atoms. The molecule has 1 N–H and O–H groups in total. The number of methoxy groups -OCH3 is 1. The number of carbonyl (C=O) groups is 1. The topological polar surface area (TPSA) is 85.4 Å². The summed E-state index contributed by atoms with van der Waals surface area (Å²) in [5.74, 6) is -0.587. The molecule has 1 heterocycles. The van der Waals surface area contributed by atoms with E-state index in [1.807, 2.05) is 0 Å². The van der Waals surface area contributed by atoms with Gasteiger partial charge in [0.15, 0.2) is 5.13 Å². The fourth-order valence-corrected chi connectivity index (χ4v) is 3.92. The lowest BCUT2D eigenvalue weighted by molar-refractivity contribution is 0.0600. The number of aryl methyl sites for hydroxylation is 2. The minimum absolute atomic E-state index is 0.0262. The van der Waals surface area contributed by atoms with E-state index in [9.17, 15) is 13.2 Å². The summed E-state index contributed by atoms with van der Waals surface area (Å²) in [7, 11) is -2.56. The first-order chi connectivity index (χ1) is 9.83. The second-order valence-corrected chi connectivity index (χ2v) is 6.88. The number of nitrogens with zero attached hydrogens (tertiary/aromatic N) is 1. The largest absolute Gasteiger partial charge is 0.465 e. The Morgan fingerprint density at radius 1 is 1.33 bits per heavy atom. The van der Waals surface area contributed by atoms with Crippen LogP contribution in [0.2, 0.25) is 0 Å². The molecule has 112 valence electrons. The summed E-state index contributed by atoms with van der Waals surface area (Å²) in [6.07, 6.45) is 0. The van der Waals surface area contributed by atoms with E-state index in [-0.39, 0.29) is 15.6 Å². The van der Waals surface area contributed by atoms with E-state index in [2.05, 4.69) is 14.4 Å². The van der Waals surface area contributed by atoms with Gasteiger partial charge in [-0.3, -0.25) is 4.72 Å². The first kappa shape index (κ1) is 15.5. The van der Waals surface area contributed by atoms with Crippen LogP contribution < -0.4 is 4.72 Å². The Morgan fingerprint density at radius 2 is 2.05 bits per heavy atom. The highest BCUT2D eigenvalue weighted by Gasteiger charge is 2.20. The van der Waals surface area contributed by atoms with Gasteiger partial charge in [0.1, 0.15) is 0 Å². The van der Waals surface area contributed by atoms with Crippen LogP contribution in [0.1, 0.15) is 21.6 Å². The Morgan fingerprint density at radius 3 is 2.62 bits per heavy atom. The Bertz CT molecular complexity index is 781. The van der Waals surface area contributed by atoms with Gasteiger partial charge in [-0.25, -0.2) is 18.2 Å². The average molecular weight is 326 g/mol. The molecule has 0 aliphatic rings. The summed E-state index contributed by atoms with van der Waals surface area (Å²) < 4.78 is 31.8. The summed E-state index contributed by atoms with van der Waals surface area (Å²) >= 11 is 1.20. The molecule has 0 aliphatic carbocycles. The maximum absolute atomic E-state index is 12.4. The number of hydrogen-bond donors (Lipinski definition) is 1. The number of hydrogen-bond acceptors (Lipinski definition) is 6. The quantitative estimate of drug-likeness (QED) is 0.872. The first-order valence-corrected chi connectivity index (χ1v) is 8.33. The molecule has 2 aromatic rings. The van der Waals surface area contributed by atoms with Crippen LogP contribution in [0, 0.1) is 13.8 Å². The summed E-state index contributed by atoms with van der Waals surface area (Å²) in [5.41, 5.74) is 1.44. The van der Waals surface area contributed by atoms with E-state index in [1.165, 1.54) is 30.6 Å². The van der Waals surface area contributed by atoms with Crippen LogP contribution in [0.25, 0.3) is 0 Å². The fraction of sp³-hybridized carbons (Fsp3) is 0.231.